The summed E-state index contributed by atoms with van der Waals surface area (Å²) in [5.74, 6) is -0.279. The van der Waals surface area contributed by atoms with Crippen molar-refractivity contribution in [2.24, 2.45) is 5.92 Å². The van der Waals surface area contributed by atoms with Crippen LogP contribution in [0.3, 0.4) is 0 Å². The molecular formula is C15H21NO4. The number of hydrogen-bond donors (Lipinski definition) is 2. The summed E-state index contributed by atoms with van der Waals surface area (Å²) in [6.45, 7) is 4.42. The quantitative estimate of drug-likeness (QED) is 0.763. The number of carboxylic acid groups (broad SMARTS) is 1. The summed E-state index contributed by atoms with van der Waals surface area (Å²) in [5.41, 5.74) is 1.03. The maximum Gasteiger partial charge on any atom is 0.303 e. The predicted molar refractivity (Wildman–Crippen MR) is 75.7 cm³/mol. The fraction of sp³-hybridized carbons (Fsp3) is 0.467. The van der Waals surface area contributed by atoms with Gasteiger partial charge in [-0.15, -0.1) is 0 Å². The number of para-hydroxylation sites is 1. The second-order valence-electron chi connectivity index (χ2n) is 4.87. The maximum atomic E-state index is 11.6. The van der Waals surface area contributed by atoms with E-state index in [9.17, 15) is 9.59 Å². The van der Waals surface area contributed by atoms with Gasteiger partial charge in [-0.1, -0.05) is 25.1 Å². The molecule has 0 radical (unpaired) electrons. The second-order valence-corrected chi connectivity index (χ2v) is 4.87. The Bertz CT molecular complexity index is 459. The van der Waals surface area contributed by atoms with Crippen LogP contribution in [0.4, 0.5) is 0 Å². The highest BCUT2D eigenvalue weighted by atomic mass is 16.5. The molecule has 0 spiro atoms. The van der Waals surface area contributed by atoms with E-state index in [1.807, 2.05) is 31.2 Å². The Kier molecular flexibility index (Phi) is 6.56. The van der Waals surface area contributed by atoms with Crippen LogP contribution in [0.15, 0.2) is 24.3 Å². The Morgan fingerprint density at radius 1 is 1.35 bits per heavy atom. The smallest absolute Gasteiger partial charge is 0.303 e. The number of aliphatic carboxylic acids is 1. The standard InChI is InChI=1S/C15H21NO4/c1-11(9-15(18)19)10-16-14(17)7-8-20-13-6-4-3-5-12(13)2/h3-6,11H,7-10H2,1-2H3,(H,16,17)(H,18,19). The molecule has 0 aromatic heterocycles. The molecule has 5 heteroatoms. The van der Waals surface area contributed by atoms with Crippen molar-refractivity contribution in [2.75, 3.05) is 13.2 Å². The molecule has 110 valence electrons. The number of ether oxygens (including phenoxy) is 1. The molecule has 0 saturated carbocycles. The minimum absolute atomic E-state index is 0.0555. The van der Waals surface area contributed by atoms with Gasteiger partial charge in [-0.05, 0) is 24.5 Å². The summed E-state index contributed by atoms with van der Waals surface area (Å²) in [6, 6.07) is 7.62. The van der Waals surface area contributed by atoms with Gasteiger partial charge < -0.3 is 15.2 Å². The highest BCUT2D eigenvalue weighted by Crippen LogP contribution is 2.16. The molecule has 5 nitrogen and oxygen atoms in total. The van der Waals surface area contributed by atoms with Gasteiger partial charge in [0.05, 0.1) is 13.0 Å². The van der Waals surface area contributed by atoms with Crippen molar-refractivity contribution >= 4 is 11.9 Å². The average molecular weight is 279 g/mol. The molecule has 0 saturated heterocycles. The van der Waals surface area contributed by atoms with Crippen LogP contribution in [0.2, 0.25) is 0 Å². The highest BCUT2D eigenvalue weighted by Gasteiger charge is 2.09. The van der Waals surface area contributed by atoms with Gasteiger partial charge in [-0.25, -0.2) is 0 Å². The number of amides is 1. The fourth-order valence-electron chi connectivity index (χ4n) is 1.72. The van der Waals surface area contributed by atoms with Gasteiger partial charge in [-0.2, -0.15) is 0 Å². The predicted octanol–water partition coefficient (Wildman–Crippen LogP) is 1.99. The molecule has 20 heavy (non-hydrogen) atoms. The minimum atomic E-state index is -0.852. The summed E-state index contributed by atoms with van der Waals surface area (Å²) < 4.78 is 5.52. The molecule has 0 bridgehead atoms. The van der Waals surface area contributed by atoms with E-state index in [4.69, 9.17) is 9.84 Å². The van der Waals surface area contributed by atoms with Crippen LogP contribution in [0.5, 0.6) is 5.75 Å². The van der Waals surface area contributed by atoms with Gasteiger partial charge in [-0.3, -0.25) is 9.59 Å². The Morgan fingerprint density at radius 3 is 2.70 bits per heavy atom. The van der Waals surface area contributed by atoms with E-state index in [0.29, 0.717) is 13.2 Å². The fourth-order valence-corrected chi connectivity index (χ4v) is 1.72. The first-order valence-corrected chi connectivity index (χ1v) is 6.66. The normalized spacial score (nSPS) is 11.7. The molecule has 2 N–H and O–H groups in total. The number of rotatable bonds is 8. The number of carboxylic acids is 1. The third-order valence-electron chi connectivity index (χ3n) is 2.85. The van der Waals surface area contributed by atoms with E-state index in [2.05, 4.69) is 5.32 Å². The summed E-state index contributed by atoms with van der Waals surface area (Å²) in [7, 11) is 0. The Morgan fingerprint density at radius 2 is 2.05 bits per heavy atom. The van der Waals surface area contributed by atoms with Crippen LogP contribution < -0.4 is 10.1 Å². The monoisotopic (exact) mass is 279 g/mol. The number of carbonyl (C=O) groups excluding carboxylic acids is 1. The molecule has 1 atom stereocenters. The molecule has 0 aliphatic heterocycles. The molecule has 0 aliphatic rings. The van der Waals surface area contributed by atoms with Gasteiger partial charge in [0.2, 0.25) is 5.91 Å². The van der Waals surface area contributed by atoms with Crippen LogP contribution in [0, 0.1) is 12.8 Å². The lowest BCUT2D eigenvalue weighted by Gasteiger charge is -2.11. The van der Waals surface area contributed by atoms with Gasteiger partial charge in [0.15, 0.2) is 0 Å². The Hall–Kier alpha value is -2.04. The van der Waals surface area contributed by atoms with Gasteiger partial charge >= 0.3 is 5.97 Å². The van der Waals surface area contributed by atoms with E-state index in [-0.39, 0.29) is 24.7 Å². The van der Waals surface area contributed by atoms with Crippen molar-refractivity contribution in [3.05, 3.63) is 29.8 Å². The zero-order valence-corrected chi connectivity index (χ0v) is 11.9. The molecule has 1 aromatic rings. The van der Waals surface area contributed by atoms with Crippen molar-refractivity contribution in [1.29, 1.82) is 0 Å². The molecule has 1 amide bonds. The lowest BCUT2D eigenvalue weighted by Crippen LogP contribution is -2.30. The summed E-state index contributed by atoms with van der Waals surface area (Å²) in [6.07, 6.45) is 0.314. The maximum absolute atomic E-state index is 11.6. The number of nitrogens with one attached hydrogen (secondary N) is 1. The Labute approximate surface area is 118 Å². The largest absolute Gasteiger partial charge is 0.493 e. The lowest BCUT2D eigenvalue weighted by atomic mass is 10.1. The average Bonchev–Trinajstić information content (AvgIpc) is 2.38. The van der Waals surface area contributed by atoms with Gasteiger partial charge in [0.1, 0.15) is 5.75 Å². The van der Waals surface area contributed by atoms with E-state index in [1.165, 1.54) is 0 Å². The SMILES string of the molecule is Cc1ccccc1OCCC(=O)NCC(C)CC(=O)O. The molecular weight excluding hydrogens is 258 g/mol. The van der Waals surface area contributed by atoms with Gasteiger partial charge in [0.25, 0.3) is 0 Å². The summed E-state index contributed by atoms with van der Waals surface area (Å²) >= 11 is 0. The van der Waals surface area contributed by atoms with E-state index in [0.717, 1.165) is 11.3 Å². The number of carbonyl (C=O) groups is 2. The van der Waals surface area contributed by atoms with Crippen LogP contribution in [-0.2, 0) is 9.59 Å². The van der Waals surface area contributed by atoms with Crippen LogP contribution in [0.1, 0.15) is 25.3 Å². The minimum Gasteiger partial charge on any atom is -0.493 e. The number of aryl methyl sites for hydroxylation is 1. The second kappa shape index (κ2) is 8.19. The topological polar surface area (TPSA) is 75.6 Å². The van der Waals surface area contributed by atoms with Gasteiger partial charge in [0, 0.05) is 13.0 Å². The molecule has 1 unspecified atom stereocenters. The first kappa shape index (κ1) is 16.0. The van der Waals surface area contributed by atoms with E-state index >= 15 is 0 Å². The van der Waals surface area contributed by atoms with E-state index in [1.54, 1.807) is 6.92 Å². The zero-order chi connectivity index (χ0) is 15.0. The highest BCUT2D eigenvalue weighted by molar-refractivity contribution is 5.76. The third kappa shape index (κ3) is 6.22. The van der Waals surface area contributed by atoms with Crippen LogP contribution in [0.25, 0.3) is 0 Å². The molecule has 1 aromatic carbocycles. The first-order valence-electron chi connectivity index (χ1n) is 6.66. The zero-order valence-electron chi connectivity index (χ0n) is 11.9. The molecule has 0 aliphatic carbocycles. The number of hydrogen-bond acceptors (Lipinski definition) is 3. The van der Waals surface area contributed by atoms with Crippen LogP contribution >= 0.6 is 0 Å². The van der Waals surface area contributed by atoms with Crippen molar-refractivity contribution in [3.63, 3.8) is 0 Å². The van der Waals surface area contributed by atoms with Crippen molar-refractivity contribution < 1.29 is 19.4 Å². The summed E-state index contributed by atoms with van der Waals surface area (Å²) in [4.78, 5) is 22.1. The van der Waals surface area contributed by atoms with E-state index < -0.39 is 5.97 Å². The van der Waals surface area contributed by atoms with Crippen molar-refractivity contribution in [2.45, 2.75) is 26.7 Å². The summed E-state index contributed by atoms with van der Waals surface area (Å²) in [5, 5.41) is 11.3. The lowest BCUT2D eigenvalue weighted by molar-refractivity contribution is -0.138. The van der Waals surface area contributed by atoms with Crippen molar-refractivity contribution in [1.82, 2.24) is 5.32 Å². The first-order chi connectivity index (χ1) is 9.49. The number of benzene rings is 1. The van der Waals surface area contributed by atoms with Crippen LogP contribution in [-0.4, -0.2) is 30.1 Å². The molecule has 0 fully saturated rings. The third-order valence-corrected chi connectivity index (χ3v) is 2.85. The Balaban J connectivity index is 2.20. The molecule has 1 rings (SSSR count). The van der Waals surface area contributed by atoms with Crippen molar-refractivity contribution in [3.8, 4) is 5.75 Å². The molecule has 0 heterocycles.